The van der Waals surface area contributed by atoms with E-state index in [-0.39, 0.29) is 24.4 Å². The van der Waals surface area contributed by atoms with Crippen molar-refractivity contribution in [1.29, 1.82) is 0 Å². The molecule has 0 bridgehead atoms. The summed E-state index contributed by atoms with van der Waals surface area (Å²) in [5, 5.41) is 11.9. The summed E-state index contributed by atoms with van der Waals surface area (Å²) < 4.78 is 18.1. The van der Waals surface area contributed by atoms with Gasteiger partial charge in [0.2, 0.25) is 0 Å². The number of halogens is 1. The second-order valence-electron chi connectivity index (χ2n) is 5.17. The molecule has 116 valence electrons. The molecule has 2 rings (SSSR count). The lowest BCUT2D eigenvalue weighted by Crippen LogP contribution is -2.39. The van der Waals surface area contributed by atoms with E-state index in [0.29, 0.717) is 38.4 Å². The number of amides is 2. The van der Waals surface area contributed by atoms with E-state index in [2.05, 4.69) is 5.32 Å². The molecule has 21 heavy (non-hydrogen) atoms. The van der Waals surface area contributed by atoms with Gasteiger partial charge in [-0.3, -0.25) is 0 Å². The number of carbonyl (C=O) groups is 1. The zero-order chi connectivity index (χ0) is 15.1. The molecular weight excluding hydrogens is 275 g/mol. The van der Waals surface area contributed by atoms with E-state index < -0.39 is 0 Å². The van der Waals surface area contributed by atoms with Crippen molar-refractivity contribution in [2.75, 3.05) is 32.8 Å². The molecule has 1 aromatic rings. The molecular formula is C15H21FN2O3. The number of rotatable bonds is 6. The Morgan fingerprint density at radius 3 is 2.86 bits per heavy atom. The normalized spacial score (nSPS) is 17.8. The number of hydrogen-bond donors (Lipinski definition) is 2. The van der Waals surface area contributed by atoms with Gasteiger partial charge in [0, 0.05) is 32.2 Å². The molecule has 1 fully saturated rings. The SMILES string of the molecule is O=C(NCCCOc1ccc(F)cc1)N1CCC(CO)C1. The Morgan fingerprint density at radius 2 is 2.19 bits per heavy atom. The van der Waals surface area contributed by atoms with Crippen LogP contribution >= 0.6 is 0 Å². The third-order valence-electron chi connectivity index (χ3n) is 3.51. The number of hydrogen-bond acceptors (Lipinski definition) is 3. The molecule has 5 nitrogen and oxygen atoms in total. The van der Waals surface area contributed by atoms with E-state index in [9.17, 15) is 9.18 Å². The minimum absolute atomic E-state index is 0.0901. The van der Waals surface area contributed by atoms with Crippen LogP contribution in [-0.4, -0.2) is 48.9 Å². The van der Waals surface area contributed by atoms with E-state index in [1.807, 2.05) is 0 Å². The number of nitrogens with one attached hydrogen (secondary N) is 1. The molecule has 0 aliphatic carbocycles. The van der Waals surface area contributed by atoms with Crippen molar-refractivity contribution < 1.29 is 19.0 Å². The minimum atomic E-state index is -0.290. The van der Waals surface area contributed by atoms with Crippen LogP contribution in [0.2, 0.25) is 0 Å². The van der Waals surface area contributed by atoms with Gasteiger partial charge in [-0.1, -0.05) is 0 Å². The van der Waals surface area contributed by atoms with Crippen LogP contribution in [0.4, 0.5) is 9.18 Å². The molecule has 2 amide bonds. The lowest BCUT2D eigenvalue weighted by Gasteiger charge is -2.17. The topological polar surface area (TPSA) is 61.8 Å². The average Bonchev–Trinajstić information content (AvgIpc) is 2.98. The van der Waals surface area contributed by atoms with Gasteiger partial charge in [0.15, 0.2) is 0 Å². The van der Waals surface area contributed by atoms with Gasteiger partial charge in [0.25, 0.3) is 0 Å². The highest BCUT2D eigenvalue weighted by Crippen LogP contribution is 2.15. The summed E-state index contributed by atoms with van der Waals surface area (Å²) in [6.45, 7) is 2.44. The molecule has 1 saturated heterocycles. The number of urea groups is 1. The smallest absolute Gasteiger partial charge is 0.317 e. The van der Waals surface area contributed by atoms with Crippen LogP contribution in [0.1, 0.15) is 12.8 Å². The van der Waals surface area contributed by atoms with Gasteiger partial charge in [0.05, 0.1) is 6.61 Å². The Balaban J connectivity index is 1.57. The maximum Gasteiger partial charge on any atom is 0.317 e. The first-order chi connectivity index (χ1) is 10.2. The zero-order valence-electron chi connectivity index (χ0n) is 11.9. The Hall–Kier alpha value is -1.82. The molecule has 2 N–H and O–H groups in total. The molecule has 1 aliphatic heterocycles. The lowest BCUT2D eigenvalue weighted by atomic mass is 10.1. The second kappa shape index (κ2) is 7.83. The van der Waals surface area contributed by atoms with Crippen LogP contribution in [-0.2, 0) is 0 Å². The van der Waals surface area contributed by atoms with Crippen LogP contribution < -0.4 is 10.1 Å². The number of likely N-dealkylation sites (tertiary alicyclic amines) is 1. The third kappa shape index (κ3) is 4.90. The van der Waals surface area contributed by atoms with Crippen molar-refractivity contribution in [1.82, 2.24) is 10.2 Å². The first kappa shape index (κ1) is 15.6. The largest absolute Gasteiger partial charge is 0.494 e. The van der Waals surface area contributed by atoms with Gasteiger partial charge in [-0.2, -0.15) is 0 Å². The van der Waals surface area contributed by atoms with Gasteiger partial charge >= 0.3 is 6.03 Å². The number of ether oxygens (including phenoxy) is 1. The monoisotopic (exact) mass is 296 g/mol. The summed E-state index contributed by atoms with van der Waals surface area (Å²) in [7, 11) is 0. The van der Waals surface area contributed by atoms with Crippen molar-refractivity contribution in [2.45, 2.75) is 12.8 Å². The van der Waals surface area contributed by atoms with E-state index in [4.69, 9.17) is 9.84 Å². The van der Waals surface area contributed by atoms with Crippen LogP contribution in [0.3, 0.4) is 0 Å². The van der Waals surface area contributed by atoms with Gasteiger partial charge in [-0.25, -0.2) is 9.18 Å². The molecule has 1 unspecified atom stereocenters. The van der Waals surface area contributed by atoms with Crippen LogP contribution in [0, 0.1) is 11.7 Å². The fourth-order valence-electron chi connectivity index (χ4n) is 2.27. The standard InChI is InChI=1S/C15H21FN2O3/c16-13-2-4-14(5-3-13)21-9-1-7-17-15(20)18-8-6-12(10-18)11-19/h2-5,12,19H,1,6-11H2,(H,17,20). The van der Waals surface area contributed by atoms with Gasteiger partial charge in [-0.15, -0.1) is 0 Å². The van der Waals surface area contributed by atoms with Gasteiger partial charge < -0.3 is 20.1 Å². The number of aliphatic hydroxyl groups is 1. The maximum atomic E-state index is 12.7. The predicted octanol–water partition coefficient (Wildman–Crippen LogP) is 1.62. The summed E-state index contributed by atoms with van der Waals surface area (Å²) in [4.78, 5) is 13.6. The molecule has 0 radical (unpaired) electrons. The molecule has 1 heterocycles. The van der Waals surface area contributed by atoms with Crippen LogP contribution in [0.15, 0.2) is 24.3 Å². The molecule has 1 aromatic carbocycles. The fourth-order valence-corrected chi connectivity index (χ4v) is 2.27. The molecule has 1 aliphatic rings. The number of nitrogens with zero attached hydrogens (tertiary/aromatic N) is 1. The number of carbonyl (C=O) groups excluding carboxylic acids is 1. The minimum Gasteiger partial charge on any atom is -0.494 e. The summed E-state index contributed by atoms with van der Waals surface area (Å²) >= 11 is 0. The van der Waals surface area contributed by atoms with E-state index in [0.717, 1.165) is 6.42 Å². The predicted molar refractivity (Wildman–Crippen MR) is 76.7 cm³/mol. The van der Waals surface area contributed by atoms with Crippen molar-refractivity contribution >= 4 is 6.03 Å². The first-order valence-electron chi connectivity index (χ1n) is 7.21. The summed E-state index contributed by atoms with van der Waals surface area (Å²) in [5.41, 5.74) is 0. The summed E-state index contributed by atoms with van der Waals surface area (Å²) in [5.74, 6) is 0.534. The van der Waals surface area contributed by atoms with Crippen LogP contribution in [0.5, 0.6) is 5.75 Å². The quantitative estimate of drug-likeness (QED) is 0.784. The highest BCUT2D eigenvalue weighted by atomic mass is 19.1. The lowest BCUT2D eigenvalue weighted by molar-refractivity contribution is 0.197. The van der Waals surface area contributed by atoms with E-state index in [1.54, 1.807) is 17.0 Å². The second-order valence-corrected chi connectivity index (χ2v) is 5.17. The zero-order valence-corrected chi connectivity index (χ0v) is 11.9. The first-order valence-corrected chi connectivity index (χ1v) is 7.21. The van der Waals surface area contributed by atoms with Gasteiger partial charge in [0.1, 0.15) is 11.6 Å². The Bertz CT molecular complexity index is 453. The fraction of sp³-hybridized carbons (Fsp3) is 0.533. The average molecular weight is 296 g/mol. The Kier molecular flexibility index (Phi) is 5.80. The molecule has 0 saturated carbocycles. The summed E-state index contributed by atoms with van der Waals surface area (Å²) in [6.07, 6.45) is 1.54. The van der Waals surface area contributed by atoms with E-state index in [1.165, 1.54) is 12.1 Å². The number of aliphatic hydroxyl groups excluding tert-OH is 1. The Labute approximate surface area is 123 Å². The Morgan fingerprint density at radius 1 is 1.43 bits per heavy atom. The van der Waals surface area contributed by atoms with E-state index >= 15 is 0 Å². The van der Waals surface area contributed by atoms with Crippen LogP contribution in [0.25, 0.3) is 0 Å². The van der Waals surface area contributed by atoms with Crippen molar-refractivity contribution in [2.24, 2.45) is 5.92 Å². The molecule has 6 heteroatoms. The highest BCUT2D eigenvalue weighted by molar-refractivity contribution is 5.74. The summed E-state index contributed by atoms with van der Waals surface area (Å²) in [6, 6.07) is 5.76. The molecule has 0 spiro atoms. The number of benzene rings is 1. The van der Waals surface area contributed by atoms with Gasteiger partial charge in [-0.05, 0) is 37.1 Å². The maximum absolute atomic E-state index is 12.7. The molecule has 0 aromatic heterocycles. The third-order valence-corrected chi connectivity index (χ3v) is 3.51. The highest BCUT2D eigenvalue weighted by Gasteiger charge is 2.25. The van der Waals surface area contributed by atoms with Crippen molar-refractivity contribution in [3.63, 3.8) is 0 Å². The van der Waals surface area contributed by atoms with Crippen molar-refractivity contribution in [3.8, 4) is 5.75 Å². The molecule has 1 atom stereocenters. The van der Waals surface area contributed by atoms with Crippen molar-refractivity contribution in [3.05, 3.63) is 30.1 Å².